The molecule has 19 heavy (non-hydrogen) atoms. The topological polar surface area (TPSA) is 90.4 Å². The molecule has 1 amide bonds. The predicted octanol–water partition coefficient (Wildman–Crippen LogP) is 1.25. The van der Waals surface area contributed by atoms with Crippen molar-refractivity contribution >= 4 is 11.6 Å². The lowest BCUT2D eigenvalue weighted by atomic mass is 10.1. The molecule has 6 heteroatoms. The summed E-state index contributed by atoms with van der Waals surface area (Å²) < 4.78 is 10.0. The number of anilines is 1. The number of nitrogens with zero attached hydrogens (tertiary/aromatic N) is 1. The Morgan fingerprint density at radius 1 is 1.47 bits per heavy atom. The SMILES string of the molecule is COCC(N)C(=O)Nc1ccc(-c2cnco2)cc1. The van der Waals surface area contributed by atoms with E-state index < -0.39 is 6.04 Å². The fourth-order valence-corrected chi connectivity index (χ4v) is 1.57. The molecule has 1 aromatic heterocycles. The highest BCUT2D eigenvalue weighted by molar-refractivity contribution is 5.94. The van der Waals surface area contributed by atoms with Crippen molar-refractivity contribution in [2.75, 3.05) is 19.0 Å². The molecule has 0 aliphatic carbocycles. The summed E-state index contributed by atoms with van der Waals surface area (Å²) in [6.07, 6.45) is 3.00. The largest absolute Gasteiger partial charge is 0.444 e. The van der Waals surface area contributed by atoms with Gasteiger partial charge in [0.1, 0.15) is 6.04 Å². The van der Waals surface area contributed by atoms with Crippen molar-refractivity contribution in [2.24, 2.45) is 5.73 Å². The molecule has 3 N–H and O–H groups in total. The van der Waals surface area contributed by atoms with Crippen LogP contribution >= 0.6 is 0 Å². The number of hydrogen-bond donors (Lipinski definition) is 2. The van der Waals surface area contributed by atoms with Crippen LogP contribution in [0.1, 0.15) is 0 Å². The number of carbonyl (C=O) groups excluding carboxylic acids is 1. The summed E-state index contributed by atoms with van der Waals surface area (Å²) in [5.41, 5.74) is 7.17. The van der Waals surface area contributed by atoms with Gasteiger partial charge in [-0.15, -0.1) is 0 Å². The number of hydrogen-bond acceptors (Lipinski definition) is 5. The van der Waals surface area contributed by atoms with Crippen molar-refractivity contribution in [2.45, 2.75) is 6.04 Å². The molecule has 0 bridgehead atoms. The minimum Gasteiger partial charge on any atom is -0.444 e. The molecular formula is C13H15N3O3. The maximum absolute atomic E-state index is 11.7. The number of nitrogens with one attached hydrogen (secondary N) is 1. The van der Waals surface area contributed by atoms with Crippen molar-refractivity contribution in [3.8, 4) is 11.3 Å². The number of aromatic nitrogens is 1. The van der Waals surface area contributed by atoms with Crippen LogP contribution in [0, 0.1) is 0 Å². The first kappa shape index (κ1) is 13.3. The van der Waals surface area contributed by atoms with E-state index in [1.807, 2.05) is 12.1 Å². The second-order valence-electron chi connectivity index (χ2n) is 3.99. The van der Waals surface area contributed by atoms with Gasteiger partial charge in [-0.1, -0.05) is 0 Å². The first-order valence-electron chi connectivity index (χ1n) is 5.75. The van der Waals surface area contributed by atoms with Gasteiger partial charge in [-0.2, -0.15) is 0 Å². The summed E-state index contributed by atoms with van der Waals surface area (Å²) in [5.74, 6) is 0.392. The van der Waals surface area contributed by atoms with Crippen LogP contribution < -0.4 is 11.1 Å². The average Bonchev–Trinajstić information content (AvgIpc) is 2.94. The summed E-state index contributed by atoms with van der Waals surface area (Å²) >= 11 is 0. The summed E-state index contributed by atoms with van der Waals surface area (Å²) in [7, 11) is 1.50. The van der Waals surface area contributed by atoms with E-state index in [2.05, 4.69) is 10.3 Å². The van der Waals surface area contributed by atoms with Crippen molar-refractivity contribution in [3.05, 3.63) is 36.9 Å². The molecule has 2 aromatic rings. The molecule has 1 aromatic carbocycles. The third-order valence-electron chi connectivity index (χ3n) is 2.55. The number of oxazole rings is 1. The lowest BCUT2D eigenvalue weighted by Crippen LogP contribution is -2.39. The highest BCUT2D eigenvalue weighted by Gasteiger charge is 2.13. The molecule has 0 saturated heterocycles. The Balaban J connectivity index is 2.01. The molecule has 0 radical (unpaired) electrons. The van der Waals surface area contributed by atoms with E-state index in [4.69, 9.17) is 14.9 Å². The first-order chi connectivity index (χ1) is 9.20. The number of methoxy groups -OCH3 is 1. The third kappa shape index (κ3) is 3.40. The van der Waals surface area contributed by atoms with Crippen LogP contribution in [0.15, 0.2) is 41.3 Å². The Labute approximate surface area is 110 Å². The van der Waals surface area contributed by atoms with E-state index in [-0.39, 0.29) is 12.5 Å². The van der Waals surface area contributed by atoms with Gasteiger partial charge in [0.2, 0.25) is 5.91 Å². The molecule has 0 aliphatic heterocycles. The summed E-state index contributed by atoms with van der Waals surface area (Å²) in [6.45, 7) is 0.183. The van der Waals surface area contributed by atoms with Crippen molar-refractivity contribution in [1.29, 1.82) is 0 Å². The number of amides is 1. The minimum atomic E-state index is -0.682. The average molecular weight is 261 g/mol. The smallest absolute Gasteiger partial charge is 0.243 e. The predicted molar refractivity (Wildman–Crippen MR) is 70.4 cm³/mol. The van der Waals surface area contributed by atoms with E-state index in [0.717, 1.165) is 5.56 Å². The van der Waals surface area contributed by atoms with Gasteiger partial charge < -0.3 is 20.2 Å². The molecular weight excluding hydrogens is 246 g/mol. The lowest BCUT2D eigenvalue weighted by Gasteiger charge is -2.11. The zero-order valence-corrected chi connectivity index (χ0v) is 10.5. The van der Waals surface area contributed by atoms with Gasteiger partial charge in [0.25, 0.3) is 0 Å². The molecule has 0 saturated carbocycles. The molecule has 6 nitrogen and oxygen atoms in total. The maximum Gasteiger partial charge on any atom is 0.243 e. The van der Waals surface area contributed by atoms with Crippen LogP contribution in [0.5, 0.6) is 0 Å². The van der Waals surface area contributed by atoms with Gasteiger partial charge >= 0.3 is 0 Å². The highest BCUT2D eigenvalue weighted by Crippen LogP contribution is 2.20. The van der Waals surface area contributed by atoms with Crippen LogP contribution in [0.4, 0.5) is 5.69 Å². The van der Waals surface area contributed by atoms with Gasteiger partial charge in [-0.05, 0) is 24.3 Å². The standard InChI is InChI=1S/C13H15N3O3/c1-18-7-11(14)13(17)16-10-4-2-9(3-5-10)12-6-15-8-19-12/h2-6,8,11H,7,14H2,1H3,(H,16,17). The third-order valence-corrected chi connectivity index (χ3v) is 2.55. The van der Waals surface area contributed by atoms with Gasteiger partial charge in [-0.25, -0.2) is 4.98 Å². The molecule has 0 fully saturated rings. The molecule has 1 unspecified atom stereocenters. The van der Waals surface area contributed by atoms with E-state index in [1.165, 1.54) is 13.5 Å². The lowest BCUT2D eigenvalue weighted by molar-refractivity contribution is -0.118. The number of rotatable bonds is 5. The Kier molecular flexibility index (Phi) is 4.27. The fraction of sp³-hybridized carbons (Fsp3) is 0.231. The molecule has 1 heterocycles. The fourth-order valence-electron chi connectivity index (χ4n) is 1.57. The maximum atomic E-state index is 11.7. The summed E-state index contributed by atoms with van der Waals surface area (Å²) in [6, 6.07) is 6.53. The second-order valence-corrected chi connectivity index (χ2v) is 3.99. The Hall–Kier alpha value is -2.18. The number of nitrogens with two attached hydrogens (primary N) is 1. The highest BCUT2D eigenvalue weighted by atomic mass is 16.5. The van der Waals surface area contributed by atoms with Crippen LogP contribution in [0.25, 0.3) is 11.3 Å². The van der Waals surface area contributed by atoms with Crippen LogP contribution in [0.2, 0.25) is 0 Å². The van der Waals surface area contributed by atoms with Gasteiger partial charge in [0.15, 0.2) is 12.2 Å². The van der Waals surface area contributed by atoms with E-state index in [9.17, 15) is 4.79 Å². The normalized spacial score (nSPS) is 12.1. The molecule has 1 atom stereocenters. The number of ether oxygens (including phenoxy) is 1. The monoisotopic (exact) mass is 261 g/mol. The van der Waals surface area contributed by atoms with Crippen LogP contribution in [-0.2, 0) is 9.53 Å². The van der Waals surface area contributed by atoms with Gasteiger partial charge in [0, 0.05) is 18.4 Å². The Morgan fingerprint density at radius 2 is 2.21 bits per heavy atom. The van der Waals surface area contributed by atoms with Gasteiger partial charge in [-0.3, -0.25) is 4.79 Å². The number of carbonyl (C=O) groups is 1. The molecule has 0 aliphatic rings. The Bertz CT molecular complexity index is 523. The molecule has 0 spiro atoms. The second kappa shape index (κ2) is 6.12. The zero-order valence-electron chi connectivity index (χ0n) is 10.5. The molecule has 2 rings (SSSR count). The Morgan fingerprint density at radius 3 is 2.79 bits per heavy atom. The van der Waals surface area contributed by atoms with E-state index in [0.29, 0.717) is 11.4 Å². The van der Waals surface area contributed by atoms with Crippen LogP contribution in [0.3, 0.4) is 0 Å². The van der Waals surface area contributed by atoms with Gasteiger partial charge in [0.05, 0.1) is 12.8 Å². The summed E-state index contributed by atoms with van der Waals surface area (Å²) in [4.78, 5) is 15.5. The van der Waals surface area contributed by atoms with E-state index >= 15 is 0 Å². The zero-order chi connectivity index (χ0) is 13.7. The number of benzene rings is 1. The quantitative estimate of drug-likeness (QED) is 0.845. The molecule has 100 valence electrons. The van der Waals surface area contributed by atoms with Crippen LogP contribution in [-0.4, -0.2) is 30.6 Å². The van der Waals surface area contributed by atoms with Crippen molar-refractivity contribution < 1.29 is 13.9 Å². The first-order valence-corrected chi connectivity index (χ1v) is 5.75. The van der Waals surface area contributed by atoms with Crippen molar-refractivity contribution in [1.82, 2.24) is 4.98 Å². The summed E-state index contributed by atoms with van der Waals surface area (Å²) in [5, 5.41) is 2.71. The van der Waals surface area contributed by atoms with Crippen molar-refractivity contribution in [3.63, 3.8) is 0 Å². The van der Waals surface area contributed by atoms with E-state index in [1.54, 1.807) is 18.3 Å². The minimum absolute atomic E-state index is 0.183.